The van der Waals surface area contributed by atoms with Gasteiger partial charge in [-0.1, -0.05) is 29.8 Å². The molecule has 0 bridgehead atoms. The van der Waals surface area contributed by atoms with Gasteiger partial charge in [0.25, 0.3) is 0 Å². The summed E-state index contributed by atoms with van der Waals surface area (Å²) in [4.78, 5) is 0. The van der Waals surface area contributed by atoms with E-state index in [1.165, 1.54) is 6.07 Å². The summed E-state index contributed by atoms with van der Waals surface area (Å²) in [6.07, 6.45) is 4.89. The number of fused-ring (bicyclic) bond motifs is 3. The van der Waals surface area contributed by atoms with Gasteiger partial charge in [-0.2, -0.15) is 13.2 Å². The molecule has 1 aromatic heterocycles. The van der Waals surface area contributed by atoms with E-state index in [9.17, 15) is 13.2 Å². The van der Waals surface area contributed by atoms with E-state index in [-0.39, 0.29) is 29.7 Å². The Morgan fingerprint density at radius 1 is 1.12 bits per heavy atom. The number of nitrogens with zero attached hydrogens (tertiary/aromatic N) is 3. The van der Waals surface area contributed by atoms with Crippen molar-refractivity contribution >= 4 is 11.6 Å². The summed E-state index contributed by atoms with van der Waals surface area (Å²) >= 11 is 6.23. The lowest BCUT2D eigenvalue weighted by molar-refractivity contribution is -0.137. The number of aromatic nitrogens is 3. The van der Waals surface area contributed by atoms with Gasteiger partial charge in [0.2, 0.25) is 0 Å². The SMILES string of the molecule is FC(F)(F)c1cccc(OC2CCC(c3nnc4n3C3C=CC(Cl)=CC3CNC4)CC2)c1. The maximum absolute atomic E-state index is 13.0. The van der Waals surface area contributed by atoms with Gasteiger partial charge in [-0.15, -0.1) is 10.2 Å². The molecule has 2 aromatic rings. The minimum atomic E-state index is -4.37. The molecule has 0 spiro atoms. The summed E-state index contributed by atoms with van der Waals surface area (Å²) in [6.45, 7) is 1.49. The monoisotopic (exact) mass is 464 g/mol. The molecule has 2 atom stereocenters. The van der Waals surface area contributed by atoms with Crippen molar-refractivity contribution in [1.29, 1.82) is 0 Å². The maximum atomic E-state index is 13.0. The molecule has 1 fully saturated rings. The van der Waals surface area contributed by atoms with Crippen molar-refractivity contribution in [3.63, 3.8) is 0 Å². The van der Waals surface area contributed by atoms with Crippen LogP contribution >= 0.6 is 11.6 Å². The minimum Gasteiger partial charge on any atom is -0.490 e. The zero-order valence-electron chi connectivity index (χ0n) is 17.4. The van der Waals surface area contributed by atoms with Crippen molar-refractivity contribution in [1.82, 2.24) is 20.1 Å². The number of ether oxygens (including phenoxy) is 1. The Balaban J connectivity index is 1.28. The number of rotatable bonds is 3. The largest absolute Gasteiger partial charge is 0.490 e. The first kappa shape index (κ1) is 21.5. The van der Waals surface area contributed by atoms with Crippen LogP contribution in [0.3, 0.4) is 0 Å². The number of nitrogens with one attached hydrogen (secondary N) is 1. The first-order chi connectivity index (χ1) is 15.4. The van der Waals surface area contributed by atoms with Crippen LogP contribution in [0.1, 0.15) is 54.9 Å². The predicted molar refractivity (Wildman–Crippen MR) is 114 cm³/mol. The molecule has 2 aliphatic carbocycles. The van der Waals surface area contributed by atoms with Crippen LogP contribution in [-0.4, -0.2) is 27.4 Å². The number of hydrogen-bond acceptors (Lipinski definition) is 4. The summed E-state index contributed by atoms with van der Waals surface area (Å²) in [5, 5.41) is 13.2. The van der Waals surface area contributed by atoms with Crippen LogP contribution < -0.4 is 10.1 Å². The Labute approximate surface area is 189 Å². The van der Waals surface area contributed by atoms with Crippen molar-refractivity contribution < 1.29 is 17.9 Å². The molecule has 1 aromatic carbocycles. The van der Waals surface area contributed by atoms with E-state index in [0.29, 0.717) is 6.54 Å². The standard InChI is InChI=1S/C23H24ClF3N4O/c24-17-6-9-20-15(10-17)12-28-13-21-29-30-22(31(20)21)14-4-7-18(8-5-14)32-19-3-1-2-16(11-19)23(25,26)27/h1-3,6,9-11,14-15,18,20,28H,4-5,7-8,12-13H2. The molecule has 5 rings (SSSR count). The van der Waals surface area contributed by atoms with Crippen LogP contribution in [0.25, 0.3) is 0 Å². The lowest BCUT2D eigenvalue weighted by Crippen LogP contribution is -2.28. The molecule has 2 unspecified atom stereocenters. The van der Waals surface area contributed by atoms with Crippen molar-refractivity contribution in [3.05, 3.63) is 64.7 Å². The highest BCUT2D eigenvalue weighted by molar-refractivity contribution is 6.31. The molecule has 3 aliphatic rings. The zero-order valence-corrected chi connectivity index (χ0v) is 18.1. The van der Waals surface area contributed by atoms with E-state index in [2.05, 4.69) is 32.2 Å². The molecule has 0 radical (unpaired) electrons. The summed E-state index contributed by atoms with van der Waals surface area (Å²) < 4.78 is 47.1. The van der Waals surface area contributed by atoms with Gasteiger partial charge in [-0.05, 0) is 50.0 Å². The Morgan fingerprint density at radius 3 is 2.72 bits per heavy atom. The van der Waals surface area contributed by atoms with Gasteiger partial charge < -0.3 is 14.6 Å². The normalized spacial score (nSPS) is 27.8. The van der Waals surface area contributed by atoms with E-state index >= 15 is 0 Å². The molecule has 1 saturated carbocycles. The quantitative estimate of drug-likeness (QED) is 0.664. The highest BCUT2D eigenvalue weighted by Gasteiger charge is 2.35. The Kier molecular flexibility index (Phi) is 5.75. The second-order valence-corrected chi connectivity index (χ2v) is 9.09. The molecule has 0 amide bonds. The van der Waals surface area contributed by atoms with E-state index in [4.69, 9.17) is 16.3 Å². The fourth-order valence-corrected chi connectivity index (χ4v) is 5.17. The van der Waals surface area contributed by atoms with E-state index < -0.39 is 11.7 Å². The Bertz CT molecular complexity index is 1040. The van der Waals surface area contributed by atoms with Gasteiger partial charge in [-0.3, -0.25) is 0 Å². The van der Waals surface area contributed by atoms with Crippen molar-refractivity contribution in [2.45, 2.75) is 56.5 Å². The molecule has 32 heavy (non-hydrogen) atoms. The summed E-state index contributed by atoms with van der Waals surface area (Å²) in [7, 11) is 0. The van der Waals surface area contributed by atoms with Crippen molar-refractivity contribution in [2.24, 2.45) is 5.92 Å². The molecular formula is C23H24ClF3N4O. The second-order valence-electron chi connectivity index (χ2n) is 8.66. The number of alkyl halides is 3. The zero-order chi connectivity index (χ0) is 22.3. The first-order valence-electron chi connectivity index (χ1n) is 10.9. The Morgan fingerprint density at radius 2 is 1.94 bits per heavy atom. The van der Waals surface area contributed by atoms with Crippen LogP contribution in [0.5, 0.6) is 5.75 Å². The van der Waals surface area contributed by atoms with E-state index in [1.54, 1.807) is 6.07 Å². The van der Waals surface area contributed by atoms with Gasteiger partial charge >= 0.3 is 6.18 Å². The molecule has 5 nitrogen and oxygen atoms in total. The lowest BCUT2D eigenvalue weighted by Gasteiger charge is -2.31. The smallest absolute Gasteiger partial charge is 0.416 e. The van der Waals surface area contributed by atoms with Crippen LogP contribution in [0.2, 0.25) is 0 Å². The van der Waals surface area contributed by atoms with Gasteiger partial charge in [-0.25, -0.2) is 0 Å². The van der Waals surface area contributed by atoms with Gasteiger partial charge in [0.05, 0.1) is 24.3 Å². The summed E-state index contributed by atoms with van der Waals surface area (Å²) in [5.41, 5.74) is -0.687. The molecule has 1 aliphatic heterocycles. The fraction of sp³-hybridized carbons (Fsp3) is 0.478. The van der Waals surface area contributed by atoms with Gasteiger partial charge in [0, 0.05) is 23.4 Å². The van der Waals surface area contributed by atoms with Crippen molar-refractivity contribution in [3.8, 4) is 5.75 Å². The summed E-state index contributed by atoms with van der Waals surface area (Å²) in [6, 6.07) is 5.24. The van der Waals surface area contributed by atoms with Crippen LogP contribution in [-0.2, 0) is 12.7 Å². The third-order valence-electron chi connectivity index (χ3n) is 6.52. The van der Waals surface area contributed by atoms with E-state index in [0.717, 1.165) is 61.0 Å². The van der Waals surface area contributed by atoms with Gasteiger partial charge in [0.15, 0.2) is 0 Å². The van der Waals surface area contributed by atoms with Crippen LogP contribution in [0.4, 0.5) is 13.2 Å². The lowest BCUT2D eigenvalue weighted by atomic mass is 9.86. The molecule has 1 N–H and O–H groups in total. The molecule has 2 heterocycles. The third kappa shape index (κ3) is 4.30. The van der Waals surface area contributed by atoms with Crippen molar-refractivity contribution in [2.75, 3.05) is 6.54 Å². The number of benzene rings is 1. The van der Waals surface area contributed by atoms with Gasteiger partial charge in [0.1, 0.15) is 17.4 Å². The second kappa shape index (κ2) is 8.56. The number of hydrogen-bond donors (Lipinski definition) is 1. The molecule has 170 valence electrons. The molecular weight excluding hydrogens is 441 g/mol. The first-order valence-corrected chi connectivity index (χ1v) is 11.3. The average molecular weight is 465 g/mol. The highest BCUT2D eigenvalue weighted by Crippen LogP contribution is 2.39. The average Bonchev–Trinajstić information content (AvgIpc) is 3.09. The van der Waals surface area contributed by atoms with Crippen LogP contribution in [0, 0.1) is 5.92 Å². The summed E-state index contributed by atoms with van der Waals surface area (Å²) in [5.74, 6) is 2.65. The predicted octanol–water partition coefficient (Wildman–Crippen LogP) is 5.36. The molecule has 9 heteroatoms. The van der Waals surface area contributed by atoms with E-state index in [1.807, 2.05) is 6.08 Å². The number of halogens is 4. The topological polar surface area (TPSA) is 52.0 Å². The maximum Gasteiger partial charge on any atom is 0.416 e. The minimum absolute atomic E-state index is 0.105. The highest BCUT2D eigenvalue weighted by atomic mass is 35.5. The number of allylic oxidation sites excluding steroid dienone is 3. The fourth-order valence-electron chi connectivity index (χ4n) is 4.94. The van der Waals surface area contributed by atoms with Crippen LogP contribution in [0.15, 0.2) is 47.5 Å². The third-order valence-corrected chi connectivity index (χ3v) is 6.77. The molecule has 0 saturated heterocycles. The Hall–Kier alpha value is -2.32.